The lowest BCUT2D eigenvalue weighted by molar-refractivity contribution is 0.0943. The number of rotatable bonds is 3. The highest BCUT2D eigenvalue weighted by atomic mass is 19.1. The number of halogens is 2. The molecule has 0 spiro atoms. The van der Waals surface area contributed by atoms with Crippen molar-refractivity contribution in [2.45, 2.75) is 6.54 Å². The van der Waals surface area contributed by atoms with E-state index in [1.54, 1.807) is 35.9 Å². The Morgan fingerprint density at radius 3 is 2.64 bits per heavy atom. The Bertz CT molecular complexity index is 855. The third-order valence-corrected chi connectivity index (χ3v) is 3.61. The molecule has 0 aliphatic heterocycles. The highest BCUT2D eigenvalue weighted by Gasteiger charge is 2.15. The fraction of sp³-hybridized carbons (Fsp3) is 0.118. The maximum atomic E-state index is 13.8. The zero-order valence-corrected chi connectivity index (χ0v) is 11.9. The smallest absolute Gasteiger partial charge is 0.268 e. The molecule has 3 rings (SSSR count). The van der Waals surface area contributed by atoms with Gasteiger partial charge in [-0.05, 0) is 35.9 Å². The van der Waals surface area contributed by atoms with Crippen LogP contribution in [0.15, 0.2) is 48.5 Å². The number of aromatic nitrogens is 1. The summed E-state index contributed by atoms with van der Waals surface area (Å²) in [7, 11) is 1.71. The first-order chi connectivity index (χ1) is 10.6. The summed E-state index contributed by atoms with van der Waals surface area (Å²) in [6.45, 7) is 0.209. The van der Waals surface area contributed by atoms with E-state index in [4.69, 9.17) is 0 Å². The summed E-state index contributed by atoms with van der Waals surface area (Å²) >= 11 is 0. The van der Waals surface area contributed by atoms with Gasteiger partial charge in [0.1, 0.15) is 17.3 Å². The third-order valence-electron chi connectivity index (χ3n) is 3.61. The number of hydrogen-bond donors (Lipinski definition) is 1. The first-order valence-electron chi connectivity index (χ1n) is 6.83. The van der Waals surface area contributed by atoms with E-state index in [1.165, 1.54) is 24.3 Å². The van der Waals surface area contributed by atoms with Crippen molar-refractivity contribution in [2.24, 2.45) is 7.05 Å². The van der Waals surface area contributed by atoms with Gasteiger partial charge in [0.2, 0.25) is 0 Å². The van der Waals surface area contributed by atoms with Crippen molar-refractivity contribution in [3.63, 3.8) is 0 Å². The first-order valence-corrected chi connectivity index (χ1v) is 6.83. The van der Waals surface area contributed by atoms with Crippen LogP contribution in [0.3, 0.4) is 0 Å². The number of carbonyl (C=O) groups excluding carboxylic acids is 1. The predicted octanol–water partition coefficient (Wildman–Crippen LogP) is 3.39. The first kappa shape index (κ1) is 14.3. The summed E-state index contributed by atoms with van der Waals surface area (Å²) in [5.41, 5.74) is 1.67. The molecule has 0 aliphatic carbocycles. The predicted molar refractivity (Wildman–Crippen MR) is 80.4 cm³/mol. The van der Waals surface area contributed by atoms with Crippen LogP contribution in [0.2, 0.25) is 0 Å². The van der Waals surface area contributed by atoms with E-state index < -0.39 is 0 Å². The molecule has 3 nitrogen and oxygen atoms in total. The summed E-state index contributed by atoms with van der Waals surface area (Å²) in [6.07, 6.45) is 0. The molecule has 0 atom stereocenters. The zero-order chi connectivity index (χ0) is 15.7. The zero-order valence-electron chi connectivity index (χ0n) is 11.9. The molecule has 1 amide bonds. The largest absolute Gasteiger partial charge is 0.347 e. The molecule has 5 heteroatoms. The molecule has 3 aromatic rings. The van der Waals surface area contributed by atoms with Crippen LogP contribution in [0.25, 0.3) is 10.9 Å². The topological polar surface area (TPSA) is 34.0 Å². The third kappa shape index (κ3) is 2.57. The second-order valence-corrected chi connectivity index (χ2v) is 5.07. The average molecular weight is 300 g/mol. The average Bonchev–Trinajstić information content (AvgIpc) is 2.84. The molecule has 2 aromatic carbocycles. The number of fused-ring (bicyclic) bond motifs is 1. The Morgan fingerprint density at radius 1 is 1.14 bits per heavy atom. The Morgan fingerprint density at radius 2 is 1.91 bits per heavy atom. The van der Waals surface area contributed by atoms with Gasteiger partial charge in [0.15, 0.2) is 0 Å². The van der Waals surface area contributed by atoms with Crippen LogP contribution in [0, 0.1) is 11.6 Å². The van der Waals surface area contributed by atoms with Crippen LogP contribution in [-0.4, -0.2) is 10.5 Å². The molecule has 1 N–H and O–H groups in total. The van der Waals surface area contributed by atoms with Crippen molar-refractivity contribution >= 4 is 16.8 Å². The van der Waals surface area contributed by atoms with E-state index in [0.717, 1.165) is 0 Å². The maximum Gasteiger partial charge on any atom is 0.268 e. The van der Waals surface area contributed by atoms with Crippen LogP contribution in [-0.2, 0) is 13.6 Å². The second-order valence-electron chi connectivity index (χ2n) is 5.07. The molecule has 112 valence electrons. The van der Waals surface area contributed by atoms with Crippen LogP contribution in [0.1, 0.15) is 16.1 Å². The fourth-order valence-corrected chi connectivity index (χ4v) is 2.46. The number of benzene rings is 2. The number of nitrogens with zero attached hydrogens (tertiary/aromatic N) is 1. The van der Waals surface area contributed by atoms with Gasteiger partial charge in [0, 0.05) is 19.0 Å². The maximum absolute atomic E-state index is 13.8. The molecule has 0 unspecified atom stereocenters. The number of nitrogens with one attached hydrogen (secondary N) is 1. The minimum atomic E-state index is -0.364. The van der Waals surface area contributed by atoms with Gasteiger partial charge in [-0.25, -0.2) is 8.78 Å². The van der Waals surface area contributed by atoms with E-state index in [-0.39, 0.29) is 24.1 Å². The van der Waals surface area contributed by atoms with Gasteiger partial charge >= 0.3 is 0 Å². The molecule has 1 heterocycles. The summed E-state index contributed by atoms with van der Waals surface area (Å²) in [5.74, 6) is -1.04. The van der Waals surface area contributed by atoms with Crippen LogP contribution < -0.4 is 5.32 Å². The minimum absolute atomic E-state index is 0.209. The molecule has 1 aromatic heterocycles. The van der Waals surface area contributed by atoms with Crippen molar-refractivity contribution in [1.29, 1.82) is 0 Å². The van der Waals surface area contributed by atoms with Gasteiger partial charge in [0.05, 0.1) is 5.52 Å². The van der Waals surface area contributed by atoms with Crippen LogP contribution in [0.5, 0.6) is 0 Å². The molecule has 0 aliphatic rings. The molecule has 0 radical (unpaired) electrons. The van der Waals surface area contributed by atoms with Crippen molar-refractivity contribution in [3.05, 3.63) is 71.4 Å². The molecule has 0 bridgehead atoms. The Balaban J connectivity index is 1.83. The summed E-state index contributed by atoms with van der Waals surface area (Å²) in [6, 6.07) is 12.3. The quantitative estimate of drug-likeness (QED) is 0.790. The fourth-order valence-electron chi connectivity index (χ4n) is 2.46. The Hall–Kier alpha value is -2.69. The highest BCUT2D eigenvalue weighted by molar-refractivity contribution is 5.98. The van der Waals surface area contributed by atoms with E-state index in [1.807, 2.05) is 0 Å². The highest BCUT2D eigenvalue weighted by Crippen LogP contribution is 2.21. The van der Waals surface area contributed by atoms with Gasteiger partial charge in [-0.3, -0.25) is 4.79 Å². The van der Waals surface area contributed by atoms with Crippen LogP contribution in [0.4, 0.5) is 8.78 Å². The summed E-state index contributed by atoms with van der Waals surface area (Å²) in [5, 5.41) is 3.12. The molecule has 0 fully saturated rings. The molecular weight excluding hydrogens is 286 g/mol. The molecule has 0 saturated heterocycles. The lowest BCUT2D eigenvalue weighted by Crippen LogP contribution is -2.24. The van der Waals surface area contributed by atoms with Crippen molar-refractivity contribution in [3.8, 4) is 0 Å². The van der Waals surface area contributed by atoms with Gasteiger partial charge < -0.3 is 9.88 Å². The molecule has 0 saturated carbocycles. The normalized spacial score (nSPS) is 10.9. The minimum Gasteiger partial charge on any atom is -0.347 e. The number of amides is 1. The summed E-state index contributed by atoms with van der Waals surface area (Å²) in [4.78, 5) is 12.3. The van der Waals surface area contributed by atoms with E-state index in [9.17, 15) is 13.6 Å². The molecule has 22 heavy (non-hydrogen) atoms. The monoisotopic (exact) mass is 300 g/mol. The second kappa shape index (κ2) is 5.60. The van der Waals surface area contributed by atoms with Gasteiger partial charge in [-0.2, -0.15) is 0 Å². The van der Waals surface area contributed by atoms with Gasteiger partial charge in [-0.1, -0.05) is 18.2 Å². The van der Waals surface area contributed by atoms with Crippen molar-refractivity contribution in [2.75, 3.05) is 0 Å². The van der Waals surface area contributed by atoms with Crippen LogP contribution >= 0.6 is 0 Å². The SMILES string of the molecule is Cn1c(C(=O)NCc2cccc(F)c2)cc2c(F)cccc21. The van der Waals surface area contributed by atoms with Crippen molar-refractivity contribution in [1.82, 2.24) is 9.88 Å². The van der Waals surface area contributed by atoms with Gasteiger partial charge in [0.25, 0.3) is 5.91 Å². The lowest BCUT2D eigenvalue weighted by atomic mass is 10.2. The van der Waals surface area contributed by atoms with E-state index in [0.29, 0.717) is 22.2 Å². The Labute approximate surface area is 126 Å². The number of aryl methyl sites for hydroxylation is 1. The van der Waals surface area contributed by atoms with E-state index >= 15 is 0 Å². The summed E-state index contributed by atoms with van der Waals surface area (Å²) < 4.78 is 28.5. The van der Waals surface area contributed by atoms with Gasteiger partial charge in [-0.15, -0.1) is 0 Å². The van der Waals surface area contributed by atoms with E-state index in [2.05, 4.69) is 5.32 Å². The number of hydrogen-bond acceptors (Lipinski definition) is 1. The molecular formula is C17H14F2N2O. The Kier molecular flexibility index (Phi) is 3.63. The standard InChI is InChI=1S/C17H14F2N2O/c1-21-15-7-3-6-14(19)13(15)9-16(21)17(22)20-10-11-4-2-5-12(18)8-11/h2-9H,10H2,1H3,(H,20,22). The van der Waals surface area contributed by atoms with Crippen molar-refractivity contribution < 1.29 is 13.6 Å². The number of carbonyl (C=O) groups is 1. The lowest BCUT2D eigenvalue weighted by Gasteiger charge is -2.07.